The van der Waals surface area contributed by atoms with Crippen LogP contribution in [-0.2, 0) is 26.1 Å². The molecule has 0 saturated heterocycles. The second-order valence-electron chi connectivity index (χ2n) is 6.95. The Kier molecular flexibility index (Phi) is 5.55. The van der Waals surface area contributed by atoms with Crippen LogP contribution in [0.4, 0.5) is 0 Å². The van der Waals surface area contributed by atoms with Gasteiger partial charge in [0, 0.05) is 32.0 Å². The molecule has 1 unspecified atom stereocenters. The summed E-state index contributed by atoms with van der Waals surface area (Å²) < 4.78 is 4.22. The fourth-order valence-electron chi connectivity index (χ4n) is 3.23. The first-order chi connectivity index (χ1) is 11.7. The maximum atomic E-state index is 4.36. The molecule has 0 aliphatic carbocycles. The third kappa shape index (κ3) is 3.80. The molecule has 0 fully saturated rings. The van der Waals surface area contributed by atoms with Crippen LogP contribution >= 0.6 is 0 Å². The lowest BCUT2D eigenvalue weighted by atomic mass is 9.98. The lowest BCUT2D eigenvalue weighted by molar-refractivity contribution is 0.337. The van der Waals surface area contributed by atoms with Crippen LogP contribution in [0, 0.1) is 5.92 Å². The van der Waals surface area contributed by atoms with Crippen molar-refractivity contribution in [2.75, 3.05) is 6.54 Å². The lowest BCUT2D eigenvalue weighted by Gasteiger charge is -2.25. The minimum absolute atomic E-state index is 0.418. The van der Waals surface area contributed by atoms with Gasteiger partial charge in [0.25, 0.3) is 0 Å². The van der Waals surface area contributed by atoms with E-state index in [1.165, 1.54) is 0 Å². The first-order valence-electron chi connectivity index (χ1n) is 9.06. The van der Waals surface area contributed by atoms with Gasteiger partial charge in [-0.25, -0.2) is 4.68 Å². The van der Waals surface area contributed by atoms with E-state index in [0.29, 0.717) is 11.8 Å². The zero-order valence-corrected chi connectivity index (χ0v) is 14.9. The summed E-state index contributed by atoms with van der Waals surface area (Å²) in [7, 11) is 0. The molecule has 24 heavy (non-hydrogen) atoms. The van der Waals surface area contributed by atoms with Crippen molar-refractivity contribution in [2.24, 2.45) is 5.92 Å². The van der Waals surface area contributed by atoms with E-state index < -0.39 is 0 Å². The number of hydrogen-bond acceptors (Lipinski definition) is 6. The molecule has 0 radical (unpaired) electrons. The molecule has 2 aromatic rings. The summed E-state index contributed by atoms with van der Waals surface area (Å²) >= 11 is 0. The highest BCUT2D eigenvalue weighted by molar-refractivity contribution is 5.03. The summed E-state index contributed by atoms with van der Waals surface area (Å²) in [6.45, 7) is 10.1. The van der Waals surface area contributed by atoms with E-state index in [9.17, 15) is 0 Å². The molecule has 1 atom stereocenters. The van der Waals surface area contributed by atoms with Crippen LogP contribution < -0.4 is 5.32 Å². The molecular weight excluding hydrogens is 304 g/mol. The molecule has 2 aromatic heterocycles. The Morgan fingerprint density at radius 2 is 2.12 bits per heavy atom. The Morgan fingerprint density at radius 1 is 1.25 bits per heavy atom. The number of hydrogen-bond donors (Lipinski definition) is 1. The third-order valence-corrected chi connectivity index (χ3v) is 4.64. The van der Waals surface area contributed by atoms with Crippen LogP contribution in [0.5, 0.6) is 0 Å². The van der Waals surface area contributed by atoms with Gasteiger partial charge in [-0.3, -0.25) is 0 Å². The number of fused-ring (bicyclic) bond motifs is 1. The van der Waals surface area contributed by atoms with Crippen molar-refractivity contribution in [1.29, 1.82) is 0 Å². The van der Waals surface area contributed by atoms with Gasteiger partial charge >= 0.3 is 0 Å². The quantitative estimate of drug-likeness (QED) is 0.789. The second-order valence-corrected chi connectivity index (χ2v) is 6.95. The fraction of sp³-hybridized carbons (Fsp3) is 0.812. The molecule has 0 spiro atoms. The highest BCUT2D eigenvalue weighted by Crippen LogP contribution is 2.23. The normalized spacial score (nSPS) is 17.4. The second kappa shape index (κ2) is 7.83. The minimum Gasteiger partial charge on any atom is -0.314 e. The lowest BCUT2D eigenvalue weighted by Crippen LogP contribution is -2.31. The number of nitrogens with zero attached hydrogens (tertiary/aromatic N) is 7. The van der Waals surface area contributed by atoms with Crippen molar-refractivity contribution in [2.45, 2.75) is 72.0 Å². The fourth-order valence-corrected chi connectivity index (χ4v) is 3.23. The molecule has 0 amide bonds. The van der Waals surface area contributed by atoms with Crippen LogP contribution in [0.3, 0.4) is 0 Å². The summed E-state index contributed by atoms with van der Waals surface area (Å²) in [4.78, 5) is 0. The van der Waals surface area contributed by atoms with E-state index in [0.717, 1.165) is 69.3 Å². The largest absolute Gasteiger partial charge is 0.314 e. The Bertz CT molecular complexity index is 644. The van der Waals surface area contributed by atoms with E-state index in [4.69, 9.17) is 0 Å². The standard InChI is InChI=1S/C16H28N8/c1-4-5-8-24-15(19-21-22-24)10-17-9-13-6-7-14-18-20-16(12(2)3)23(14)11-13/h12-13,17H,4-11H2,1-3H3. The van der Waals surface area contributed by atoms with Gasteiger partial charge in [-0.15, -0.1) is 15.3 Å². The van der Waals surface area contributed by atoms with Crippen molar-refractivity contribution in [3.63, 3.8) is 0 Å². The molecule has 0 saturated carbocycles. The Labute approximate surface area is 143 Å². The van der Waals surface area contributed by atoms with Gasteiger partial charge in [0.15, 0.2) is 5.82 Å². The predicted molar refractivity (Wildman–Crippen MR) is 90.4 cm³/mol. The molecule has 1 aliphatic heterocycles. The highest BCUT2D eigenvalue weighted by Gasteiger charge is 2.23. The van der Waals surface area contributed by atoms with Crippen molar-refractivity contribution in [3.8, 4) is 0 Å². The topological polar surface area (TPSA) is 86.3 Å². The Morgan fingerprint density at radius 3 is 2.92 bits per heavy atom. The van der Waals surface area contributed by atoms with E-state index in [1.807, 2.05) is 4.68 Å². The summed E-state index contributed by atoms with van der Waals surface area (Å²) in [6, 6.07) is 0. The molecule has 0 bridgehead atoms. The maximum Gasteiger partial charge on any atom is 0.165 e. The molecule has 1 N–H and O–H groups in total. The van der Waals surface area contributed by atoms with E-state index >= 15 is 0 Å². The van der Waals surface area contributed by atoms with Crippen LogP contribution in [0.2, 0.25) is 0 Å². The van der Waals surface area contributed by atoms with Gasteiger partial charge in [0.2, 0.25) is 0 Å². The smallest absolute Gasteiger partial charge is 0.165 e. The van der Waals surface area contributed by atoms with Gasteiger partial charge in [0.05, 0.1) is 6.54 Å². The van der Waals surface area contributed by atoms with E-state index in [2.05, 4.69) is 56.4 Å². The monoisotopic (exact) mass is 332 g/mol. The summed E-state index contributed by atoms with van der Waals surface area (Å²) in [5.74, 6) is 4.19. The number of aryl methyl sites for hydroxylation is 2. The van der Waals surface area contributed by atoms with Gasteiger partial charge in [-0.1, -0.05) is 27.2 Å². The Balaban J connectivity index is 1.51. The van der Waals surface area contributed by atoms with Gasteiger partial charge in [0.1, 0.15) is 11.6 Å². The number of rotatable bonds is 8. The molecule has 3 heterocycles. The van der Waals surface area contributed by atoms with E-state index in [-0.39, 0.29) is 0 Å². The highest BCUT2D eigenvalue weighted by atomic mass is 15.5. The maximum absolute atomic E-state index is 4.36. The van der Waals surface area contributed by atoms with E-state index in [1.54, 1.807) is 0 Å². The minimum atomic E-state index is 0.418. The van der Waals surface area contributed by atoms with Gasteiger partial charge in [-0.2, -0.15) is 0 Å². The number of aromatic nitrogens is 7. The zero-order chi connectivity index (χ0) is 16.9. The van der Waals surface area contributed by atoms with Crippen LogP contribution in [0.1, 0.15) is 63.4 Å². The van der Waals surface area contributed by atoms with Crippen LogP contribution in [-0.4, -0.2) is 41.5 Å². The van der Waals surface area contributed by atoms with Crippen LogP contribution in [0.15, 0.2) is 0 Å². The third-order valence-electron chi connectivity index (χ3n) is 4.64. The van der Waals surface area contributed by atoms with Crippen molar-refractivity contribution in [3.05, 3.63) is 17.5 Å². The molecule has 132 valence electrons. The van der Waals surface area contributed by atoms with Crippen molar-refractivity contribution in [1.82, 2.24) is 40.3 Å². The average molecular weight is 332 g/mol. The molecule has 8 nitrogen and oxygen atoms in total. The number of unbranched alkanes of at least 4 members (excludes halogenated alkanes) is 1. The molecule has 3 rings (SSSR count). The summed E-state index contributed by atoms with van der Waals surface area (Å²) in [5, 5.41) is 24.2. The van der Waals surface area contributed by atoms with Gasteiger partial charge in [-0.05, 0) is 29.2 Å². The van der Waals surface area contributed by atoms with Crippen LogP contribution in [0.25, 0.3) is 0 Å². The number of nitrogens with one attached hydrogen (secondary N) is 1. The SMILES string of the molecule is CCCCn1nnnc1CNCC1CCc2nnc(C(C)C)n2C1. The predicted octanol–water partition coefficient (Wildman–Crippen LogP) is 1.54. The average Bonchev–Trinajstić information content (AvgIpc) is 3.19. The van der Waals surface area contributed by atoms with Crippen molar-refractivity contribution >= 4 is 0 Å². The first kappa shape index (κ1) is 17.0. The molecular formula is C16H28N8. The molecule has 1 aliphatic rings. The molecule has 8 heteroatoms. The number of tetrazole rings is 1. The van der Waals surface area contributed by atoms with Crippen molar-refractivity contribution < 1.29 is 0 Å². The first-order valence-corrected chi connectivity index (χ1v) is 9.06. The summed E-state index contributed by atoms with van der Waals surface area (Å²) in [5.41, 5.74) is 0. The van der Waals surface area contributed by atoms with Gasteiger partial charge < -0.3 is 9.88 Å². The Hall–Kier alpha value is -1.83. The molecule has 0 aromatic carbocycles. The summed E-state index contributed by atoms with van der Waals surface area (Å²) in [6.07, 6.45) is 4.42. The zero-order valence-electron chi connectivity index (χ0n) is 14.9.